The summed E-state index contributed by atoms with van der Waals surface area (Å²) >= 11 is 0. The van der Waals surface area contributed by atoms with Gasteiger partial charge in [-0.3, -0.25) is 9.69 Å². The molecule has 0 aromatic heterocycles. The molecule has 0 spiro atoms. The van der Waals surface area contributed by atoms with Gasteiger partial charge in [-0.25, -0.2) is 0 Å². The molecule has 2 atom stereocenters. The number of aliphatic hydroxyl groups is 1. The number of esters is 1. The second kappa shape index (κ2) is 6.36. The van der Waals surface area contributed by atoms with E-state index in [1.807, 2.05) is 13.8 Å². The topological polar surface area (TPSA) is 49.8 Å². The van der Waals surface area contributed by atoms with Gasteiger partial charge < -0.3 is 9.84 Å². The Morgan fingerprint density at radius 1 is 1.53 bits per heavy atom. The Hall–Kier alpha value is -0.610. The van der Waals surface area contributed by atoms with Crippen LogP contribution in [0, 0.1) is 0 Å². The maximum Gasteiger partial charge on any atom is 0.307 e. The molecule has 0 aliphatic carbocycles. The highest BCUT2D eigenvalue weighted by molar-refractivity contribution is 5.69. The quantitative estimate of drug-likeness (QED) is 0.745. The summed E-state index contributed by atoms with van der Waals surface area (Å²) in [4.78, 5) is 13.6. The van der Waals surface area contributed by atoms with Gasteiger partial charge in [0.15, 0.2) is 0 Å². The third-order valence-electron chi connectivity index (χ3n) is 3.68. The van der Waals surface area contributed by atoms with Crippen LogP contribution < -0.4 is 0 Å². The summed E-state index contributed by atoms with van der Waals surface area (Å²) in [5.41, 5.74) is -0.661. The van der Waals surface area contributed by atoms with Crippen LogP contribution >= 0.6 is 0 Å². The van der Waals surface area contributed by atoms with E-state index >= 15 is 0 Å². The lowest BCUT2D eigenvalue weighted by Crippen LogP contribution is -2.48. The van der Waals surface area contributed by atoms with Crippen LogP contribution in [0.15, 0.2) is 0 Å². The average Bonchev–Trinajstić information content (AvgIpc) is 2.31. The van der Waals surface area contributed by atoms with Crippen LogP contribution in [0.5, 0.6) is 0 Å². The molecule has 1 aliphatic rings. The highest BCUT2D eigenvalue weighted by Crippen LogP contribution is 2.23. The van der Waals surface area contributed by atoms with Crippen LogP contribution in [-0.2, 0) is 9.53 Å². The zero-order valence-corrected chi connectivity index (χ0v) is 11.2. The van der Waals surface area contributed by atoms with Gasteiger partial charge in [0.1, 0.15) is 0 Å². The number of hydrogen-bond acceptors (Lipinski definition) is 4. The van der Waals surface area contributed by atoms with Crippen LogP contribution in [0.4, 0.5) is 0 Å². The number of ether oxygens (including phenoxy) is 1. The van der Waals surface area contributed by atoms with Crippen molar-refractivity contribution in [3.63, 3.8) is 0 Å². The van der Waals surface area contributed by atoms with Crippen molar-refractivity contribution < 1.29 is 14.6 Å². The highest BCUT2D eigenvalue weighted by atomic mass is 16.5. The molecular weight excluding hydrogens is 218 g/mol. The molecule has 100 valence electrons. The van der Waals surface area contributed by atoms with Crippen molar-refractivity contribution in [1.29, 1.82) is 0 Å². The second-order valence-corrected chi connectivity index (χ2v) is 5.25. The molecule has 2 unspecified atom stereocenters. The van der Waals surface area contributed by atoms with Gasteiger partial charge in [-0.05, 0) is 32.7 Å². The number of carbonyl (C=O) groups excluding carboxylic acids is 1. The first-order valence-electron chi connectivity index (χ1n) is 6.52. The molecule has 0 saturated carbocycles. The van der Waals surface area contributed by atoms with Crippen molar-refractivity contribution in [2.45, 2.75) is 57.6 Å². The zero-order valence-electron chi connectivity index (χ0n) is 11.2. The lowest BCUT2D eigenvalue weighted by atomic mass is 9.95. The minimum absolute atomic E-state index is 0.155. The minimum Gasteiger partial charge on any atom is -0.469 e. The van der Waals surface area contributed by atoms with Crippen molar-refractivity contribution in [2.24, 2.45) is 0 Å². The second-order valence-electron chi connectivity index (χ2n) is 5.25. The number of nitrogens with zero attached hydrogens (tertiary/aromatic N) is 1. The van der Waals surface area contributed by atoms with Crippen LogP contribution in [0.3, 0.4) is 0 Å². The van der Waals surface area contributed by atoms with Crippen LogP contribution in [0.25, 0.3) is 0 Å². The predicted octanol–water partition coefficient (Wildman–Crippen LogP) is 1.56. The Morgan fingerprint density at radius 3 is 2.82 bits per heavy atom. The van der Waals surface area contributed by atoms with Crippen LogP contribution in [0.1, 0.15) is 46.0 Å². The fraction of sp³-hybridized carbons (Fsp3) is 0.923. The number of β-amino-alcohol motifs (C(OH)–C–C–N with tert-alkyl or cyclic N) is 1. The van der Waals surface area contributed by atoms with E-state index in [0.29, 0.717) is 13.0 Å². The summed E-state index contributed by atoms with van der Waals surface area (Å²) in [6, 6.07) is 0.231. The van der Waals surface area contributed by atoms with Gasteiger partial charge in [-0.2, -0.15) is 0 Å². The Morgan fingerprint density at radius 2 is 2.24 bits per heavy atom. The maximum atomic E-state index is 11.3. The van der Waals surface area contributed by atoms with Gasteiger partial charge in [-0.1, -0.05) is 13.3 Å². The van der Waals surface area contributed by atoms with Gasteiger partial charge in [0.05, 0.1) is 19.1 Å². The summed E-state index contributed by atoms with van der Waals surface area (Å²) in [7, 11) is 1.43. The molecular formula is C13H25NO3. The molecule has 1 fully saturated rings. The number of methoxy groups -OCH3 is 1. The molecule has 0 amide bonds. The van der Waals surface area contributed by atoms with Crippen molar-refractivity contribution in [3.05, 3.63) is 0 Å². The van der Waals surface area contributed by atoms with E-state index in [1.165, 1.54) is 7.11 Å². The molecule has 1 aliphatic heterocycles. The van der Waals surface area contributed by atoms with E-state index in [-0.39, 0.29) is 12.0 Å². The van der Waals surface area contributed by atoms with E-state index in [4.69, 9.17) is 4.74 Å². The molecule has 1 N–H and O–H groups in total. The van der Waals surface area contributed by atoms with Gasteiger partial charge in [-0.15, -0.1) is 0 Å². The molecule has 1 saturated heterocycles. The van der Waals surface area contributed by atoms with Crippen molar-refractivity contribution in [2.75, 3.05) is 20.2 Å². The van der Waals surface area contributed by atoms with Crippen LogP contribution in [-0.4, -0.2) is 47.8 Å². The molecule has 1 rings (SSSR count). The Bertz CT molecular complexity index is 253. The number of hydrogen-bond donors (Lipinski definition) is 1. The van der Waals surface area contributed by atoms with Crippen molar-refractivity contribution >= 4 is 5.97 Å². The smallest absolute Gasteiger partial charge is 0.307 e. The first-order valence-corrected chi connectivity index (χ1v) is 6.52. The number of likely N-dealkylation sites (tertiary alicyclic amines) is 1. The fourth-order valence-corrected chi connectivity index (χ4v) is 2.32. The molecule has 0 aromatic carbocycles. The first kappa shape index (κ1) is 14.5. The summed E-state index contributed by atoms with van der Waals surface area (Å²) < 4.78 is 4.73. The monoisotopic (exact) mass is 243 g/mol. The van der Waals surface area contributed by atoms with E-state index in [9.17, 15) is 9.90 Å². The standard InChI is InChI=1S/C13H25NO3/c1-4-13(2,16)10-14-8-6-5-7-11(14)9-12(15)17-3/h11,16H,4-10H2,1-3H3. The summed E-state index contributed by atoms with van der Waals surface area (Å²) in [5.74, 6) is -0.155. The summed E-state index contributed by atoms with van der Waals surface area (Å²) in [6.45, 7) is 5.46. The largest absolute Gasteiger partial charge is 0.469 e. The molecule has 4 heteroatoms. The van der Waals surface area contributed by atoms with Crippen molar-refractivity contribution in [1.82, 2.24) is 4.90 Å². The zero-order chi connectivity index (χ0) is 12.9. The van der Waals surface area contributed by atoms with Crippen LogP contribution in [0.2, 0.25) is 0 Å². The molecule has 1 heterocycles. The van der Waals surface area contributed by atoms with E-state index in [2.05, 4.69) is 4.90 Å². The van der Waals surface area contributed by atoms with Gasteiger partial charge >= 0.3 is 5.97 Å². The fourth-order valence-electron chi connectivity index (χ4n) is 2.32. The predicted molar refractivity (Wildman–Crippen MR) is 66.8 cm³/mol. The lowest BCUT2D eigenvalue weighted by molar-refractivity contribution is -0.142. The van der Waals surface area contributed by atoms with E-state index in [0.717, 1.165) is 32.2 Å². The first-order chi connectivity index (χ1) is 7.98. The van der Waals surface area contributed by atoms with Crippen molar-refractivity contribution in [3.8, 4) is 0 Å². The molecule has 0 bridgehead atoms. The third kappa shape index (κ3) is 4.64. The number of carbonyl (C=O) groups is 1. The Labute approximate surface area is 104 Å². The number of rotatable bonds is 5. The summed E-state index contributed by atoms with van der Waals surface area (Å²) in [6.07, 6.45) is 4.50. The maximum absolute atomic E-state index is 11.3. The van der Waals surface area contributed by atoms with Gasteiger partial charge in [0.2, 0.25) is 0 Å². The SMILES string of the molecule is CCC(C)(O)CN1CCCCC1CC(=O)OC. The molecule has 4 nitrogen and oxygen atoms in total. The third-order valence-corrected chi connectivity index (χ3v) is 3.68. The minimum atomic E-state index is -0.661. The normalized spacial score (nSPS) is 25.3. The van der Waals surface area contributed by atoms with Gasteiger partial charge in [0.25, 0.3) is 0 Å². The highest BCUT2D eigenvalue weighted by Gasteiger charge is 2.30. The van der Waals surface area contributed by atoms with E-state index < -0.39 is 5.60 Å². The van der Waals surface area contributed by atoms with E-state index in [1.54, 1.807) is 0 Å². The van der Waals surface area contributed by atoms with Gasteiger partial charge in [0, 0.05) is 12.6 Å². The molecule has 17 heavy (non-hydrogen) atoms. The summed E-state index contributed by atoms with van der Waals surface area (Å²) in [5, 5.41) is 10.1. The molecule has 0 radical (unpaired) electrons. The number of piperidine rings is 1. The molecule has 0 aromatic rings. The Kier molecular flexibility index (Phi) is 5.40. The average molecular weight is 243 g/mol. The Balaban J connectivity index is 2.56. The lowest BCUT2D eigenvalue weighted by Gasteiger charge is -2.39.